The van der Waals surface area contributed by atoms with Crippen LogP contribution in [-0.2, 0) is 10.0 Å². The number of hydrogen-bond acceptors (Lipinski definition) is 5. The topological polar surface area (TPSA) is 75.7 Å². The lowest BCUT2D eigenvalue weighted by Crippen LogP contribution is -2.30. The summed E-state index contributed by atoms with van der Waals surface area (Å²) < 4.78 is 34.1. The number of carbonyl (C=O) groups is 1. The standard InChI is InChI=1S/C23H24N2O4S2/c1-16-7-10-18(11-8-16)24-31(27,28)22-15-17(9-12-20(22)29-2)23(26)25-13-3-5-19(25)21-6-4-14-30-21/h4,6-12,14-15,19,24H,3,5,13H2,1-2H3. The second kappa shape index (κ2) is 8.72. The maximum atomic E-state index is 13.3. The average molecular weight is 457 g/mol. The van der Waals surface area contributed by atoms with E-state index in [4.69, 9.17) is 4.74 Å². The molecule has 8 heteroatoms. The molecule has 1 aliphatic heterocycles. The number of benzene rings is 2. The molecule has 1 atom stereocenters. The Labute approximate surface area is 186 Å². The average Bonchev–Trinajstić information content (AvgIpc) is 3.46. The summed E-state index contributed by atoms with van der Waals surface area (Å²) >= 11 is 1.63. The smallest absolute Gasteiger partial charge is 0.265 e. The predicted octanol–water partition coefficient (Wildman–Crippen LogP) is 4.84. The number of methoxy groups -OCH3 is 1. The van der Waals surface area contributed by atoms with Gasteiger partial charge in [0, 0.05) is 22.7 Å². The number of aryl methyl sites for hydroxylation is 1. The zero-order chi connectivity index (χ0) is 22.0. The number of nitrogens with zero attached hydrogens (tertiary/aromatic N) is 1. The molecule has 2 aromatic carbocycles. The number of carbonyl (C=O) groups excluding carboxylic acids is 1. The molecule has 1 N–H and O–H groups in total. The summed E-state index contributed by atoms with van der Waals surface area (Å²) in [7, 11) is -2.54. The van der Waals surface area contributed by atoms with Crippen molar-refractivity contribution in [3.63, 3.8) is 0 Å². The van der Waals surface area contributed by atoms with Crippen molar-refractivity contribution in [2.75, 3.05) is 18.4 Å². The summed E-state index contributed by atoms with van der Waals surface area (Å²) in [5.74, 6) is 0.0118. The molecule has 0 aliphatic carbocycles. The lowest BCUT2D eigenvalue weighted by atomic mass is 10.1. The van der Waals surface area contributed by atoms with Crippen LogP contribution < -0.4 is 9.46 Å². The zero-order valence-corrected chi connectivity index (χ0v) is 19.0. The number of nitrogens with one attached hydrogen (secondary N) is 1. The third-order valence-electron chi connectivity index (χ3n) is 5.39. The molecular formula is C23H24N2O4S2. The summed E-state index contributed by atoms with van der Waals surface area (Å²) in [5, 5.41) is 2.01. The minimum atomic E-state index is -3.95. The third-order valence-corrected chi connectivity index (χ3v) is 7.77. The fourth-order valence-electron chi connectivity index (χ4n) is 3.80. The zero-order valence-electron chi connectivity index (χ0n) is 17.4. The van der Waals surface area contributed by atoms with E-state index in [1.165, 1.54) is 19.2 Å². The number of amides is 1. The molecule has 3 aromatic rings. The van der Waals surface area contributed by atoms with E-state index in [1.807, 2.05) is 41.5 Å². The van der Waals surface area contributed by atoms with E-state index >= 15 is 0 Å². The molecule has 0 spiro atoms. The second-order valence-electron chi connectivity index (χ2n) is 7.51. The van der Waals surface area contributed by atoms with Crippen molar-refractivity contribution in [1.29, 1.82) is 0 Å². The molecule has 2 heterocycles. The first-order valence-electron chi connectivity index (χ1n) is 10.0. The van der Waals surface area contributed by atoms with Crippen LogP contribution in [0.15, 0.2) is 64.9 Å². The number of hydrogen-bond donors (Lipinski definition) is 1. The number of anilines is 1. The minimum Gasteiger partial charge on any atom is -0.495 e. The van der Waals surface area contributed by atoms with Crippen LogP contribution in [0.25, 0.3) is 0 Å². The number of thiophene rings is 1. The first-order valence-corrected chi connectivity index (χ1v) is 12.4. The quantitative estimate of drug-likeness (QED) is 0.576. The van der Waals surface area contributed by atoms with E-state index < -0.39 is 10.0 Å². The molecule has 162 valence electrons. The van der Waals surface area contributed by atoms with Crippen LogP contribution in [0, 0.1) is 6.92 Å². The molecule has 1 saturated heterocycles. The number of likely N-dealkylation sites (tertiary alicyclic amines) is 1. The largest absolute Gasteiger partial charge is 0.495 e. The first kappa shape index (κ1) is 21.4. The fourth-order valence-corrected chi connectivity index (χ4v) is 5.93. The number of ether oxygens (including phenoxy) is 1. The van der Waals surface area contributed by atoms with Gasteiger partial charge in [0.25, 0.3) is 15.9 Å². The van der Waals surface area contributed by atoms with Gasteiger partial charge in [0.05, 0.1) is 13.2 Å². The van der Waals surface area contributed by atoms with E-state index in [2.05, 4.69) is 4.72 Å². The molecule has 0 bridgehead atoms. The van der Waals surface area contributed by atoms with Gasteiger partial charge in [-0.25, -0.2) is 8.42 Å². The van der Waals surface area contributed by atoms with Gasteiger partial charge in [0.2, 0.25) is 0 Å². The highest BCUT2D eigenvalue weighted by atomic mass is 32.2. The molecule has 1 aromatic heterocycles. The molecule has 31 heavy (non-hydrogen) atoms. The predicted molar refractivity (Wildman–Crippen MR) is 122 cm³/mol. The van der Waals surface area contributed by atoms with Crippen molar-refractivity contribution in [2.24, 2.45) is 0 Å². The molecule has 1 unspecified atom stereocenters. The van der Waals surface area contributed by atoms with Crippen LogP contribution in [0.1, 0.15) is 39.7 Å². The molecule has 1 fully saturated rings. The fraction of sp³-hybridized carbons (Fsp3) is 0.261. The minimum absolute atomic E-state index is 0.0281. The molecule has 4 rings (SSSR count). The summed E-state index contributed by atoms with van der Waals surface area (Å²) in [6, 6.07) is 15.7. The highest BCUT2D eigenvalue weighted by Crippen LogP contribution is 2.36. The van der Waals surface area contributed by atoms with E-state index in [-0.39, 0.29) is 22.6 Å². The first-order chi connectivity index (χ1) is 14.9. The number of rotatable bonds is 6. The van der Waals surface area contributed by atoms with Gasteiger partial charge in [-0.05, 0) is 61.5 Å². The van der Waals surface area contributed by atoms with Crippen molar-refractivity contribution in [1.82, 2.24) is 4.90 Å². The Balaban J connectivity index is 1.65. The number of sulfonamides is 1. The Morgan fingerprint density at radius 3 is 2.61 bits per heavy atom. The Kier molecular flexibility index (Phi) is 6.02. The Hall–Kier alpha value is -2.84. The molecule has 1 amide bonds. The van der Waals surface area contributed by atoms with E-state index in [0.717, 1.165) is 23.3 Å². The van der Waals surface area contributed by atoms with E-state index in [9.17, 15) is 13.2 Å². The van der Waals surface area contributed by atoms with Crippen molar-refractivity contribution in [2.45, 2.75) is 30.7 Å². The van der Waals surface area contributed by atoms with Gasteiger partial charge in [-0.3, -0.25) is 9.52 Å². The van der Waals surface area contributed by atoms with Crippen molar-refractivity contribution >= 4 is 33.0 Å². The highest BCUT2D eigenvalue weighted by molar-refractivity contribution is 7.92. The Morgan fingerprint density at radius 2 is 1.94 bits per heavy atom. The highest BCUT2D eigenvalue weighted by Gasteiger charge is 2.32. The van der Waals surface area contributed by atoms with Crippen molar-refractivity contribution in [3.05, 3.63) is 76.0 Å². The van der Waals surface area contributed by atoms with Crippen molar-refractivity contribution in [3.8, 4) is 5.75 Å². The summed E-state index contributed by atoms with van der Waals surface area (Å²) in [5.41, 5.74) is 1.80. The maximum absolute atomic E-state index is 13.3. The molecular weight excluding hydrogens is 432 g/mol. The van der Waals surface area contributed by atoms with Gasteiger partial charge < -0.3 is 9.64 Å². The second-order valence-corrected chi connectivity index (χ2v) is 10.1. The SMILES string of the molecule is COc1ccc(C(=O)N2CCCC2c2cccs2)cc1S(=O)(=O)Nc1ccc(C)cc1. The van der Waals surface area contributed by atoms with Gasteiger partial charge in [-0.15, -0.1) is 11.3 Å². The van der Waals surface area contributed by atoms with Gasteiger partial charge in [0.1, 0.15) is 10.6 Å². The van der Waals surface area contributed by atoms with Gasteiger partial charge in [-0.2, -0.15) is 0 Å². The summed E-state index contributed by atoms with van der Waals surface area (Å²) in [6.45, 7) is 2.58. The van der Waals surface area contributed by atoms with Crippen LogP contribution in [0.2, 0.25) is 0 Å². The Bertz CT molecular complexity index is 1170. The Morgan fingerprint density at radius 1 is 1.16 bits per heavy atom. The normalized spacial score (nSPS) is 16.3. The van der Waals surface area contributed by atoms with E-state index in [0.29, 0.717) is 17.8 Å². The maximum Gasteiger partial charge on any atom is 0.265 e. The van der Waals surface area contributed by atoms with Crippen LogP contribution >= 0.6 is 11.3 Å². The lowest BCUT2D eigenvalue weighted by Gasteiger charge is -2.24. The van der Waals surface area contributed by atoms with Crippen LogP contribution in [0.5, 0.6) is 5.75 Å². The molecule has 0 saturated carbocycles. The van der Waals surface area contributed by atoms with Crippen LogP contribution in [0.3, 0.4) is 0 Å². The van der Waals surface area contributed by atoms with Gasteiger partial charge in [0.15, 0.2) is 0 Å². The third kappa shape index (κ3) is 4.45. The van der Waals surface area contributed by atoms with Crippen LogP contribution in [-0.4, -0.2) is 32.9 Å². The monoisotopic (exact) mass is 456 g/mol. The summed E-state index contributed by atoms with van der Waals surface area (Å²) in [4.78, 5) is 16.2. The molecule has 0 radical (unpaired) electrons. The van der Waals surface area contributed by atoms with Crippen LogP contribution in [0.4, 0.5) is 5.69 Å². The van der Waals surface area contributed by atoms with Gasteiger partial charge in [-0.1, -0.05) is 23.8 Å². The molecule has 6 nitrogen and oxygen atoms in total. The summed E-state index contributed by atoms with van der Waals surface area (Å²) in [6.07, 6.45) is 1.83. The van der Waals surface area contributed by atoms with Crippen molar-refractivity contribution < 1.29 is 17.9 Å². The van der Waals surface area contributed by atoms with E-state index in [1.54, 1.807) is 29.5 Å². The van der Waals surface area contributed by atoms with Gasteiger partial charge >= 0.3 is 0 Å². The molecule has 1 aliphatic rings. The lowest BCUT2D eigenvalue weighted by molar-refractivity contribution is 0.0737.